The van der Waals surface area contributed by atoms with Crippen LogP contribution in [0.5, 0.6) is 0 Å². The highest BCUT2D eigenvalue weighted by molar-refractivity contribution is 7.09. The van der Waals surface area contributed by atoms with E-state index in [-0.39, 0.29) is 5.78 Å². The van der Waals surface area contributed by atoms with Crippen LogP contribution in [0.4, 0.5) is 5.69 Å². The van der Waals surface area contributed by atoms with Crippen molar-refractivity contribution in [1.82, 2.24) is 4.98 Å². The van der Waals surface area contributed by atoms with Gasteiger partial charge in [0, 0.05) is 28.6 Å². The van der Waals surface area contributed by atoms with Crippen LogP contribution in [0.25, 0.3) is 0 Å². The molecule has 1 heterocycles. The van der Waals surface area contributed by atoms with Gasteiger partial charge in [-0.05, 0) is 31.5 Å². The van der Waals surface area contributed by atoms with E-state index in [1.54, 1.807) is 11.7 Å². The van der Waals surface area contributed by atoms with Gasteiger partial charge < -0.3 is 5.73 Å². The summed E-state index contributed by atoms with van der Waals surface area (Å²) in [4.78, 5) is 17.4. The van der Waals surface area contributed by atoms with Gasteiger partial charge in [-0.3, -0.25) is 9.78 Å². The Hall–Kier alpha value is -1.68. The van der Waals surface area contributed by atoms with Crippen LogP contribution in [0.15, 0.2) is 36.0 Å². The lowest BCUT2D eigenvalue weighted by atomic mass is 9.79. The van der Waals surface area contributed by atoms with Gasteiger partial charge >= 0.3 is 0 Å². The molecule has 2 aromatic rings. The van der Waals surface area contributed by atoms with E-state index in [1.165, 1.54) is 11.3 Å². The molecule has 2 rings (SSSR count). The number of ketones is 1. The number of anilines is 1. The van der Waals surface area contributed by atoms with Crippen LogP contribution in [0.1, 0.15) is 24.3 Å². The Kier molecular flexibility index (Phi) is 3.48. The molecule has 0 fully saturated rings. The summed E-state index contributed by atoms with van der Waals surface area (Å²) in [6, 6.07) is 7.49. The van der Waals surface area contributed by atoms with Gasteiger partial charge in [0.05, 0.1) is 5.51 Å². The van der Waals surface area contributed by atoms with Crippen LogP contribution in [0.2, 0.25) is 0 Å². The predicted octanol–water partition coefficient (Wildman–Crippen LogP) is 2.81. The summed E-state index contributed by atoms with van der Waals surface area (Å²) in [5.41, 5.74) is 8.62. The fraction of sp³-hybridized carbons (Fsp3) is 0.286. The molecule has 0 unspecified atom stereocenters. The summed E-state index contributed by atoms with van der Waals surface area (Å²) in [6.45, 7) is 3.89. The second kappa shape index (κ2) is 4.90. The number of nitrogens with two attached hydrogens (primary N) is 1. The SMILES string of the molecule is CC(C)(C(=O)Cc1cncs1)c1ccc(N)cc1. The zero-order chi connectivity index (χ0) is 13.2. The molecule has 0 atom stereocenters. The number of hydrogen-bond acceptors (Lipinski definition) is 4. The van der Waals surface area contributed by atoms with Gasteiger partial charge in [0.2, 0.25) is 0 Å². The lowest BCUT2D eigenvalue weighted by Crippen LogP contribution is -2.30. The van der Waals surface area contributed by atoms with Gasteiger partial charge in [-0.25, -0.2) is 0 Å². The van der Waals surface area contributed by atoms with Crippen LogP contribution in [-0.2, 0) is 16.6 Å². The average molecular weight is 260 g/mol. The number of hydrogen-bond donors (Lipinski definition) is 1. The van der Waals surface area contributed by atoms with E-state index >= 15 is 0 Å². The van der Waals surface area contributed by atoms with E-state index in [4.69, 9.17) is 5.73 Å². The summed E-state index contributed by atoms with van der Waals surface area (Å²) in [5, 5.41) is 0. The molecule has 0 amide bonds. The highest BCUT2D eigenvalue weighted by Crippen LogP contribution is 2.27. The van der Waals surface area contributed by atoms with Crippen molar-refractivity contribution in [2.75, 3.05) is 5.73 Å². The summed E-state index contributed by atoms with van der Waals surface area (Å²) >= 11 is 1.51. The van der Waals surface area contributed by atoms with E-state index in [1.807, 2.05) is 38.1 Å². The summed E-state index contributed by atoms with van der Waals surface area (Å²) in [6.07, 6.45) is 2.18. The largest absolute Gasteiger partial charge is 0.399 e. The molecule has 0 radical (unpaired) electrons. The lowest BCUT2D eigenvalue weighted by Gasteiger charge is -2.23. The minimum atomic E-state index is -0.502. The first kappa shape index (κ1) is 12.8. The highest BCUT2D eigenvalue weighted by Gasteiger charge is 2.29. The Labute approximate surface area is 111 Å². The van der Waals surface area contributed by atoms with E-state index in [2.05, 4.69) is 4.98 Å². The third-order valence-electron chi connectivity index (χ3n) is 3.15. The number of benzene rings is 1. The molecule has 3 nitrogen and oxygen atoms in total. The van der Waals surface area contributed by atoms with Crippen LogP contribution >= 0.6 is 11.3 Å². The van der Waals surface area contributed by atoms with Gasteiger partial charge in [-0.1, -0.05) is 12.1 Å². The maximum Gasteiger partial charge on any atom is 0.148 e. The Balaban J connectivity index is 2.19. The molecule has 0 saturated carbocycles. The fourth-order valence-corrected chi connectivity index (χ4v) is 2.36. The molecule has 0 aliphatic carbocycles. The summed E-state index contributed by atoms with van der Waals surface area (Å²) in [7, 11) is 0. The van der Waals surface area contributed by atoms with E-state index in [0.717, 1.165) is 10.4 Å². The third-order valence-corrected chi connectivity index (χ3v) is 3.93. The van der Waals surface area contributed by atoms with Crippen molar-refractivity contribution >= 4 is 22.8 Å². The van der Waals surface area contributed by atoms with Crippen LogP contribution in [0.3, 0.4) is 0 Å². The molecule has 0 spiro atoms. The van der Waals surface area contributed by atoms with Crippen molar-refractivity contribution in [3.8, 4) is 0 Å². The first-order valence-corrected chi connectivity index (χ1v) is 6.65. The van der Waals surface area contributed by atoms with Gasteiger partial charge in [-0.15, -0.1) is 11.3 Å². The van der Waals surface area contributed by atoms with Gasteiger partial charge in [0.25, 0.3) is 0 Å². The molecule has 0 aliphatic rings. The number of Topliss-reactive ketones (excluding diaryl/α,β-unsaturated/α-hetero) is 1. The zero-order valence-electron chi connectivity index (χ0n) is 10.5. The van der Waals surface area contributed by atoms with Crippen molar-refractivity contribution in [3.63, 3.8) is 0 Å². The van der Waals surface area contributed by atoms with Crippen molar-refractivity contribution in [2.45, 2.75) is 25.7 Å². The molecule has 18 heavy (non-hydrogen) atoms. The Morgan fingerprint density at radius 3 is 2.56 bits per heavy atom. The quantitative estimate of drug-likeness (QED) is 0.860. The second-order valence-electron chi connectivity index (χ2n) is 4.81. The van der Waals surface area contributed by atoms with Crippen molar-refractivity contribution in [3.05, 3.63) is 46.4 Å². The van der Waals surface area contributed by atoms with E-state index in [9.17, 15) is 4.79 Å². The maximum absolute atomic E-state index is 12.4. The number of thiazole rings is 1. The van der Waals surface area contributed by atoms with Crippen LogP contribution in [0, 0.1) is 0 Å². The Bertz CT molecular complexity index is 529. The average Bonchev–Trinajstić information content (AvgIpc) is 2.82. The first-order valence-electron chi connectivity index (χ1n) is 5.77. The molecular formula is C14H16N2OS. The standard InChI is InChI=1S/C14H16N2OS/c1-14(2,10-3-5-11(15)6-4-10)13(17)7-12-8-16-9-18-12/h3-6,8-9H,7,15H2,1-2H3. The Morgan fingerprint density at radius 2 is 2.00 bits per heavy atom. The summed E-state index contributed by atoms with van der Waals surface area (Å²) in [5.74, 6) is 0.191. The normalized spacial score (nSPS) is 11.4. The molecule has 94 valence electrons. The third kappa shape index (κ3) is 2.59. The predicted molar refractivity (Wildman–Crippen MR) is 74.7 cm³/mol. The molecule has 2 N–H and O–H groups in total. The maximum atomic E-state index is 12.4. The Morgan fingerprint density at radius 1 is 1.33 bits per heavy atom. The van der Waals surface area contributed by atoms with Crippen molar-refractivity contribution in [1.29, 1.82) is 0 Å². The van der Waals surface area contributed by atoms with Gasteiger partial charge in [0.1, 0.15) is 5.78 Å². The van der Waals surface area contributed by atoms with Gasteiger partial charge in [-0.2, -0.15) is 0 Å². The first-order chi connectivity index (χ1) is 8.50. The van der Waals surface area contributed by atoms with Crippen molar-refractivity contribution < 1.29 is 4.79 Å². The number of nitrogen functional groups attached to an aromatic ring is 1. The van der Waals surface area contributed by atoms with Crippen LogP contribution in [-0.4, -0.2) is 10.8 Å². The summed E-state index contributed by atoms with van der Waals surface area (Å²) < 4.78 is 0. The fourth-order valence-electron chi connectivity index (χ4n) is 1.77. The van der Waals surface area contributed by atoms with E-state index in [0.29, 0.717) is 12.1 Å². The lowest BCUT2D eigenvalue weighted by molar-refractivity contribution is -0.122. The molecule has 4 heteroatoms. The van der Waals surface area contributed by atoms with Crippen molar-refractivity contribution in [2.24, 2.45) is 0 Å². The van der Waals surface area contributed by atoms with Crippen LogP contribution < -0.4 is 5.73 Å². The molecule has 1 aromatic heterocycles. The smallest absolute Gasteiger partial charge is 0.148 e. The highest BCUT2D eigenvalue weighted by atomic mass is 32.1. The number of carbonyl (C=O) groups excluding carboxylic acids is 1. The molecule has 0 bridgehead atoms. The minimum Gasteiger partial charge on any atom is -0.399 e. The molecule has 0 aliphatic heterocycles. The molecule has 0 saturated heterocycles. The monoisotopic (exact) mass is 260 g/mol. The van der Waals surface area contributed by atoms with Gasteiger partial charge in [0.15, 0.2) is 0 Å². The number of nitrogens with zero attached hydrogens (tertiary/aromatic N) is 1. The number of rotatable bonds is 4. The number of aromatic nitrogens is 1. The minimum absolute atomic E-state index is 0.191. The zero-order valence-corrected chi connectivity index (χ0v) is 11.3. The second-order valence-corrected chi connectivity index (χ2v) is 5.79. The molecule has 1 aromatic carbocycles. The number of carbonyl (C=O) groups is 1. The van der Waals surface area contributed by atoms with E-state index < -0.39 is 5.41 Å². The molecular weight excluding hydrogens is 244 g/mol. The topological polar surface area (TPSA) is 56.0 Å².